The van der Waals surface area contributed by atoms with E-state index in [1.165, 1.54) is 30.4 Å². The second-order valence-corrected chi connectivity index (χ2v) is 6.96. The molecule has 2 nitrogen and oxygen atoms in total. The minimum Gasteiger partial charge on any atom is -0.508 e. The van der Waals surface area contributed by atoms with E-state index in [9.17, 15) is 5.11 Å². The maximum atomic E-state index is 10.2. The molecular formula is C17H25NO. The Hall–Kier alpha value is -1.02. The highest BCUT2D eigenvalue weighted by atomic mass is 16.3. The highest BCUT2D eigenvalue weighted by molar-refractivity contribution is 5.50. The standard InChI is InChI=1S/C17H25NO/c1-11-5-6-14(19)16-13(9-12(2)15(11)16)18-10-17(3)7-4-8-17/h5-6,12-13,18-19H,4,7-10H2,1-3H3. The van der Waals surface area contributed by atoms with Gasteiger partial charge >= 0.3 is 0 Å². The van der Waals surface area contributed by atoms with Crippen LogP contribution in [0.2, 0.25) is 0 Å². The Morgan fingerprint density at radius 3 is 2.68 bits per heavy atom. The first-order valence-corrected chi connectivity index (χ1v) is 7.56. The number of aryl methyl sites for hydroxylation is 1. The second kappa shape index (κ2) is 4.52. The van der Waals surface area contributed by atoms with Gasteiger partial charge in [-0.1, -0.05) is 26.3 Å². The lowest BCUT2D eigenvalue weighted by molar-refractivity contribution is 0.150. The molecule has 1 aromatic rings. The van der Waals surface area contributed by atoms with Crippen molar-refractivity contribution in [1.82, 2.24) is 5.32 Å². The van der Waals surface area contributed by atoms with Gasteiger partial charge in [0, 0.05) is 18.2 Å². The quantitative estimate of drug-likeness (QED) is 0.859. The summed E-state index contributed by atoms with van der Waals surface area (Å²) in [4.78, 5) is 0. The summed E-state index contributed by atoms with van der Waals surface area (Å²) >= 11 is 0. The fraction of sp³-hybridized carbons (Fsp3) is 0.647. The molecule has 0 saturated heterocycles. The number of nitrogens with one attached hydrogen (secondary N) is 1. The summed E-state index contributed by atoms with van der Waals surface area (Å²) in [5.74, 6) is 1.02. The zero-order valence-corrected chi connectivity index (χ0v) is 12.3. The van der Waals surface area contributed by atoms with E-state index in [-0.39, 0.29) is 0 Å². The summed E-state index contributed by atoms with van der Waals surface area (Å²) in [6.45, 7) is 7.89. The lowest BCUT2D eigenvalue weighted by Crippen LogP contribution is -2.38. The number of hydrogen-bond donors (Lipinski definition) is 2. The van der Waals surface area contributed by atoms with Gasteiger partial charge in [0.05, 0.1) is 0 Å². The molecule has 0 bridgehead atoms. The maximum Gasteiger partial charge on any atom is 0.120 e. The number of hydrogen-bond acceptors (Lipinski definition) is 2. The fourth-order valence-electron chi connectivity index (χ4n) is 3.86. The normalized spacial score (nSPS) is 27.9. The molecule has 3 rings (SSSR count). The topological polar surface area (TPSA) is 32.3 Å². The predicted octanol–water partition coefficient (Wildman–Crippen LogP) is 4.03. The van der Waals surface area contributed by atoms with Crippen molar-refractivity contribution in [2.45, 2.75) is 58.4 Å². The van der Waals surface area contributed by atoms with Crippen molar-refractivity contribution in [3.8, 4) is 5.75 Å². The molecule has 0 aromatic heterocycles. The van der Waals surface area contributed by atoms with Crippen molar-refractivity contribution in [3.63, 3.8) is 0 Å². The maximum absolute atomic E-state index is 10.2. The highest BCUT2D eigenvalue weighted by Crippen LogP contribution is 2.47. The van der Waals surface area contributed by atoms with E-state index in [4.69, 9.17) is 0 Å². The first-order valence-electron chi connectivity index (χ1n) is 7.56. The molecule has 2 atom stereocenters. The summed E-state index contributed by atoms with van der Waals surface area (Å²) in [6, 6.07) is 4.23. The van der Waals surface area contributed by atoms with Crippen LogP contribution in [0.4, 0.5) is 0 Å². The predicted molar refractivity (Wildman–Crippen MR) is 78.6 cm³/mol. The average Bonchev–Trinajstić information content (AvgIpc) is 2.67. The molecular weight excluding hydrogens is 234 g/mol. The Morgan fingerprint density at radius 2 is 2.05 bits per heavy atom. The van der Waals surface area contributed by atoms with E-state index < -0.39 is 0 Å². The minimum atomic E-state index is 0.335. The molecule has 2 N–H and O–H groups in total. The number of phenols is 1. The van der Waals surface area contributed by atoms with Gasteiger partial charge in [0.15, 0.2) is 0 Å². The molecule has 0 spiro atoms. The second-order valence-electron chi connectivity index (χ2n) is 6.96. The summed E-state index contributed by atoms with van der Waals surface area (Å²) in [5.41, 5.74) is 4.34. The van der Waals surface area contributed by atoms with Gasteiger partial charge in [0.1, 0.15) is 5.75 Å². The third-order valence-corrected chi connectivity index (χ3v) is 5.25. The number of benzene rings is 1. The largest absolute Gasteiger partial charge is 0.508 e. The van der Waals surface area contributed by atoms with Crippen molar-refractivity contribution in [1.29, 1.82) is 0 Å². The van der Waals surface area contributed by atoms with Crippen LogP contribution in [0.1, 0.15) is 68.2 Å². The lowest BCUT2D eigenvalue weighted by atomic mass is 9.70. The van der Waals surface area contributed by atoms with Crippen LogP contribution in [0.5, 0.6) is 5.75 Å². The van der Waals surface area contributed by atoms with E-state index >= 15 is 0 Å². The van der Waals surface area contributed by atoms with Gasteiger partial charge in [0.2, 0.25) is 0 Å². The van der Waals surface area contributed by atoms with Gasteiger partial charge in [-0.3, -0.25) is 0 Å². The molecule has 1 fully saturated rings. The number of fused-ring (bicyclic) bond motifs is 1. The van der Waals surface area contributed by atoms with Crippen molar-refractivity contribution in [2.75, 3.05) is 6.54 Å². The van der Waals surface area contributed by atoms with Gasteiger partial charge in [-0.2, -0.15) is 0 Å². The summed E-state index contributed by atoms with van der Waals surface area (Å²) in [6.07, 6.45) is 5.17. The summed E-state index contributed by atoms with van der Waals surface area (Å²) in [7, 11) is 0. The molecule has 19 heavy (non-hydrogen) atoms. The number of phenolic OH excluding ortho intramolecular Hbond substituents is 1. The minimum absolute atomic E-state index is 0.335. The van der Waals surface area contributed by atoms with Gasteiger partial charge in [0.25, 0.3) is 0 Å². The summed E-state index contributed by atoms with van der Waals surface area (Å²) in [5, 5.41) is 13.9. The third-order valence-electron chi connectivity index (χ3n) is 5.25. The van der Waals surface area contributed by atoms with Crippen LogP contribution >= 0.6 is 0 Å². The van der Waals surface area contributed by atoms with Crippen molar-refractivity contribution >= 4 is 0 Å². The SMILES string of the molecule is Cc1ccc(O)c2c1C(C)CC2NCC1(C)CCC1. The Bertz CT molecular complexity index is 490. The fourth-order valence-corrected chi connectivity index (χ4v) is 3.86. The Kier molecular flexibility index (Phi) is 3.09. The van der Waals surface area contributed by atoms with E-state index in [1.54, 1.807) is 0 Å². The molecule has 1 aromatic carbocycles. The number of rotatable bonds is 3. The van der Waals surface area contributed by atoms with Crippen LogP contribution in [0.15, 0.2) is 12.1 Å². The molecule has 0 amide bonds. The molecule has 0 aliphatic heterocycles. The number of aromatic hydroxyl groups is 1. The molecule has 0 radical (unpaired) electrons. The van der Waals surface area contributed by atoms with E-state index in [1.807, 2.05) is 12.1 Å². The highest BCUT2D eigenvalue weighted by Gasteiger charge is 2.36. The molecule has 2 unspecified atom stereocenters. The first-order chi connectivity index (χ1) is 9.00. The molecule has 2 heteroatoms. The molecule has 0 heterocycles. The zero-order valence-electron chi connectivity index (χ0n) is 12.3. The monoisotopic (exact) mass is 259 g/mol. The molecule has 2 aliphatic carbocycles. The van der Waals surface area contributed by atoms with Gasteiger partial charge in [-0.05, 0) is 54.7 Å². The Balaban J connectivity index is 1.81. The third kappa shape index (κ3) is 2.16. The smallest absolute Gasteiger partial charge is 0.120 e. The Morgan fingerprint density at radius 1 is 1.32 bits per heavy atom. The molecule has 1 saturated carbocycles. The van der Waals surface area contributed by atoms with Crippen LogP contribution in [0, 0.1) is 12.3 Å². The zero-order chi connectivity index (χ0) is 13.6. The van der Waals surface area contributed by atoms with Crippen molar-refractivity contribution < 1.29 is 5.11 Å². The van der Waals surface area contributed by atoms with E-state index in [0.717, 1.165) is 18.5 Å². The van der Waals surface area contributed by atoms with Gasteiger partial charge in [-0.15, -0.1) is 0 Å². The summed E-state index contributed by atoms with van der Waals surface area (Å²) < 4.78 is 0. The van der Waals surface area contributed by atoms with E-state index in [0.29, 0.717) is 23.1 Å². The van der Waals surface area contributed by atoms with Gasteiger partial charge in [-0.25, -0.2) is 0 Å². The van der Waals surface area contributed by atoms with Crippen LogP contribution in [0.3, 0.4) is 0 Å². The first kappa shape index (κ1) is 13.0. The average molecular weight is 259 g/mol. The van der Waals surface area contributed by atoms with Crippen LogP contribution in [-0.2, 0) is 0 Å². The van der Waals surface area contributed by atoms with Crippen LogP contribution in [-0.4, -0.2) is 11.7 Å². The molecule has 2 aliphatic rings. The van der Waals surface area contributed by atoms with Crippen molar-refractivity contribution in [2.24, 2.45) is 5.41 Å². The van der Waals surface area contributed by atoms with Crippen LogP contribution in [0.25, 0.3) is 0 Å². The molecule has 104 valence electrons. The Labute approximate surface area is 116 Å². The van der Waals surface area contributed by atoms with E-state index in [2.05, 4.69) is 26.1 Å². The van der Waals surface area contributed by atoms with Gasteiger partial charge < -0.3 is 10.4 Å². The van der Waals surface area contributed by atoms with Crippen LogP contribution < -0.4 is 5.32 Å². The van der Waals surface area contributed by atoms with Crippen molar-refractivity contribution in [3.05, 3.63) is 28.8 Å². The lowest BCUT2D eigenvalue weighted by Gasteiger charge is -2.39.